The Morgan fingerprint density at radius 3 is 2.94 bits per heavy atom. The number of aliphatic hydroxyl groups excluding tert-OH is 1. The number of para-hydroxylation sites is 1. The van der Waals surface area contributed by atoms with E-state index in [4.69, 9.17) is 4.74 Å². The summed E-state index contributed by atoms with van der Waals surface area (Å²) in [7, 11) is 0. The minimum absolute atomic E-state index is 0.441. The zero-order valence-corrected chi connectivity index (χ0v) is 10.5. The van der Waals surface area contributed by atoms with Crippen LogP contribution in [-0.4, -0.2) is 10.1 Å². The van der Waals surface area contributed by atoms with Crippen molar-refractivity contribution < 1.29 is 9.84 Å². The molecule has 4 heteroatoms. The maximum Gasteiger partial charge on any atom is 0.131 e. The van der Waals surface area contributed by atoms with E-state index in [1.165, 1.54) is 0 Å². The van der Waals surface area contributed by atoms with Crippen LogP contribution in [-0.2, 0) is 6.61 Å². The van der Waals surface area contributed by atoms with Crippen molar-refractivity contribution in [3.05, 3.63) is 46.4 Å². The number of benzene rings is 1. The predicted octanol–water partition coefficient (Wildman–Crippen LogP) is 3.17. The second-order valence-electron chi connectivity index (χ2n) is 3.73. The fourth-order valence-corrected chi connectivity index (χ4v) is 2.11. The number of hydrogen-bond donors (Lipinski definition) is 1. The molecule has 0 aliphatic heterocycles. The highest BCUT2D eigenvalue weighted by Crippen LogP contribution is 2.27. The monoisotopic (exact) mass is 249 g/mol. The van der Waals surface area contributed by atoms with E-state index in [2.05, 4.69) is 4.98 Å². The Labute approximate surface area is 105 Å². The molecule has 2 aromatic rings. The molecule has 3 nitrogen and oxygen atoms in total. The Kier molecular flexibility index (Phi) is 4.12. The smallest absolute Gasteiger partial charge is 0.131 e. The molecular weight excluding hydrogens is 234 g/mol. The molecule has 0 aliphatic rings. The lowest BCUT2D eigenvalue weighted by Crippen LogP contribution is -2.02. The van der Waals surface area contributed by atoms with Crippen molar-refractivity contribution in [1.82, 2.24) is 4.98 Å². The lowest BCUT2D eigenvalue weighted by atomic mass is 10.1. The van der Waals surface area contributed by atoms with Crippen LogP contribution in [0.2, 0.25) is 0 Å². The molecule has 0 radical (unpaired) electrons. The van der Waals surface area contributed by atoms with Gasteiger partial charge in [0, 0.05) is 10.9 Å². The summed E-state index contributed by atoms with van der Waals surface area (Å²) in [4.78, 5) is 4.16. The van der Waals surface area contributed by atoms with Crippen molar-refractivity contribution in [2.45, 2.75) is 26.1 Å². The molecule has 0 saturated heterocycles. The maximum atomic E-state index is 9.87. The summed E-state index contributed by atoms with van der Waals surface area (Å²) in [5, 5.41) is 11.8. The van der Waals surface area contributed by atoms with E-state index >= 15 is 0 Å². The van der Waals surface area contributed by atoms with Crippen molar-refractivity contribution in [2.24, 2.45) is 0 Å². The number of nitrogens with zero attached hydrogens (tertiary/aromatic N) is 1. The molecule has 17 heavy (non-hydrogen) atoms. The SMILES string of the molecule is CC[C@@H](O)c1ccccc1OCc1cscn1. The number of hydrogen-bond acceptors (Lipinski definition) is 4. The average molecular weight is 249 g/mol. The van der Waals surface area contributed by atoms with Crippen molar-refractivity contribution in [2.75, 3.05) is 0 Å². The molecule has 90 valence electrons. The second-order valence-corrected chi connectivity index (χ2v) is 4.45. The van der Waals surface area contributed by atoms with Crippen LogP contribution in [0.5, 0.6) is 5.75 Å². The van der Waals surface area contributed by atoms with Gasteiger partial charge >= 0.3 is 0 Å². The largest absolute Gasteiger partial charge is 0.487 e. The van der Waals surface area contributed by atoms with Crippen molar-refractivity contribution in [3.63, 3.8) is 0 Å². The van der Waals surface area contributed by atoms with Gasteiger partial charge < -0.3 is 9.84 Å². The van der Waals surface area contributed by atoms with Crippen LogP contribution < -0.4 is 4.74 Å². The van der Waals surface area contributed by atoms with Crippen LogP contribution in [0.3, 0.4) is 0 Å². The van der Waals surface area contributed by atoms with Crippen LogP contribution >= 0.6 is 11.3 Å². The van der Waals surface area contributed by atoms with Crippen LogP contribution in [0.15, 0.2) is 35.2 Å². The first-order chi connectivity index (χ1) is 8.31. The average Bonchev–Trinajstić information content (AvgIpc) is 2.89. The molecule has 2 rings (SSSR count). The molecule has 1 aromatic carbocycles. The molecule has 0 saturated carbocycles. The van der Waals surface area contributed by atoms with Gasteiger partial charge in [0.05, 0.1) is 17.3 Å². The van der Waals surface area contributed by atoms with Crippen molar-refractivity contribution >= 4 is 11.3 Å². The first-order valence-electron chi connectivity index (χ1n) is 5.58. The Morgan fingerprint density at radius 2 is 2.24 bits per heavy atom. The number of rotatable bonds is 5. The summed E-state index contributed by atoms with van der Waals surface area (Å²) in [5.74, 6) is 0.731. The first-order valence-corrected chi connectivity index (χ1v) is 6.52. The molecule has 1 atom stereocenters. The normalized spacial score (nSPS) is 12.4. The zero-order chi connectivity index (χ0) is 12.1. The topological polar surface area (TPSA) is 42.4 Å². The fraction of sp³-hybridized carbons (Fsp3) is 0.308. The highest BCUT2D eigenvalue weighted by molar-refractivity contribution is 7.07. The van der Waals surface area contributed by atoms with Gasteiger partial charge in [-0.25, -0.2) is 4.98 Å². The molecule has 0 spiro atoms. The quantitative estimate of drug-likeness (QED) is 0.885. The third kappa shape index (κ3) is 3.05. The molecule has 0 fully saturated rings. The molecule has 1 N–H and O–H groups in total. The maximum absolute atomic E-state index is 9.87. The fourth-order valence-electron chi connectivity index (χ4n) is 1.57. The minimum atomic E-state index is -0.471. The predicted molar refractivity (Wildman–Crippen MR) is 68.1 cm³/mol. The van der Waals surface area contributed by atoms with E-state index in [-0.39, 0.29) is 0 Å². The van der Waals surface area contributed by atoms with Crippen LogP contribution in [0.4, 0.5) is 0 Å². The van der Waals surface area contributed by atoms with Gasteiger partial charge in [0.15, 0.2) is 0 Å². The second kappa shape index (κ2) is 5.80. The van der Waals surface area contributed by atoms with Gasteiger partial charge in [0.1, 0.15) is 12.4 Å². The zero-order valence-electron chi connectivity index (χ0n) is 9.67. The molecule has 0 aliphatic carbocycles. The number of thiazole rings is 1. The van der Waals surface area contributed by atoms with Gasteiger partial charge in [-0.15, -0.1) is 11.3 Å². The van der Waals surface area contributed by atoms with Crippen LogP contribution in [0.1, 0.15) is 30.7 Å². The summed E-state index contributed by atoms with van der Waals surface area (Å²) >= 11 is 1.55. The number of ether oxygens (including phenoxy) is 1. The molecule has 1 aromatic heterocycles. The van der Waals surface area contributed by atoms with E-state index in [1.54, 1.807) is 16.8 Å². The summed E-state index contributed by atoms with van der Waals surface area (Å²) in [5.41, 5.74) is 3.53. The van der Waals surface area contributed by atoms with Gasteiger partial charge in [-0.2, -0.15) is 0 Å². The minimum Gasteiger partial charge on any atom is -0.487 e. The Hall–Kier alpha value is -1.39. The summed E-state index contributed by atoms with van der Waals surface area (Å²) in [6.45, 7) is 2.39. The van der Waals surface area contributed by atoms with E-state index in [9.17, 15) is 5.11 Å². The number of aliphatic hydroxyl groups is 1. The van der Waals surface area contributed by atoms with Gasteiger partial charge in [0.25, 0.3) is 0 Å². The molecule has 0 amide bonds. The van der Waals surface area contributed by atoms with Gasteiger partial charge in [-0.3, -0.25) is 0 Å². The van der Waals surface area contributed by atoms with E-state index in [1.807, 2.05) is 36.6 Å². The van der Waals surface area contributed by atoms with Crippen molar-refractivity contribution in [3.8, 4) is 5.75 Å². The standard InChI is InChI=1S/C13H15NO2S/c1-2-12(15)11-5-3-4-6-13(11)16-7-10-8-17-9-14-10/h3-6,8-9,12,15H,2,7H2,1H3/t12-/m1/s1. The Balaban J connectivity index is 2.09. The van der Waals surface area contributed by atoms with E-state index < -0.39 is 6.10 Å². The number of aromatic nitrogens is 1. The lowest BCUT2D eigenvalue weighted by molar-refractivity contribution is 0.166. The van der Waals surface area contributed by atoms with Crippen LogP contribution in [0, 0.1) is 0 Å². The van der Waals surface area contributed by atoms with Gasteiger partial charge in [-0.05, 0) is 12.5 Å². The summed E-state index contributed by atoms with van der Waals surface area (Å²) in [6.07, 6.45) is 0.207. The highest BCUT2D eigenvalue weighted by Gasteiger charge is 2.11. The van der Waals surface area contributed by atoms with Crippen molar-refractivity contribution in [1.29, 1.82) is 0 Å². The van der Waals surface area contributed by atoms with Gasteiger partial charge in [0.2, 0.25) is 0 Å². The van der Waals surface area contributed by atoms with Gasteiger partial charge in [-0.1, -0.05) is 25.1 Å². The summed E-state index contributed by atoms with van der Waals surface area (Å²) in [6, 6.07) is 7.58. The lowest BCUT2D eigenvalue weighted by Gasteiger charge is -2.14. The first kappa shape index (κ1) is 12.1. The summed E-state index contributed by atoms with van der Waals surface area (Å²) < 4.78 is 5.69. The molecule has 0 unspecified atom stereocenters. The van der Waals surface area contributed by atoms with E-state index in [0.717, 1.165) is 17.0 Å². The molecule has 0 bridgehead atoms. The van der Waals surface area contributed by atoms with Crippen LogP contribution in [0.25, 0.3) is 0 Å². The molecular formula is C13H15NO2S. The molecule has 1 heterocycles. The third-order valence-corrected chi connectivity index (χ3v) is 3.16. The third-order valence-electron chi connectivity index (χ3n) is 2.52. The van der Waals surface area contributed by atoms with E-state index in [0.29, 0.717) is 13.0 Å². The Bertz CT molecular complexity index is 456. The Morgan fingerprint density at radius 1 is 1.41 bits per heavy atom. The highest BCUT2D eigenvalue weighted by atomic mass is 32.1.